The number of imidazole rings is 1. The Bertz CT molecular complexity index is 943. The van der Waals surface area contributed by atoms with E-state index in [2.05, 4.69) is 14.3 Å². The molecule has 4 rings (SSSR count). The van der Waals surface area contributed by atoms with Gasteiger partial charge in [-0.3, -0.25) is 0 Å². The molecule has 0 radical (unpaired) electrons. The van der Waals surface area contributed by atoms with Gasteiger partial charge in [0.15, 0.2) is 0 Å². The minimum atomic E-state index is -2.94. The van der Waals surface area contributed by atoms with Crippen LogP contribution in [0.4, 0.5) is 8.78 Å². The van der Waals surface area contributed by atoms with Gasteiger partial charge in [0.2, 0.25) is 0 Å². The number of alkyl halides is 2. The Kier molecular flexibility index (Phi) is 5.37. The van der Waals surface area contributed by atoms with Crippen molar-refractivity contribution in [1.29, 1.82) is 0 Å². The molecular formula is C18H15ClF2N2O3. The molecule has 136 valence electrons. The molecule has 0 atom stereocenters. The van der Waals surface area contributed by atoms with Crippen molar-refractivity contribution in [2.75, 3.05) is 0 Å². The van der Waals surface area contributed by atoms with Gasteiger partial charge in [0.1, 0.15) is 11.6 Å². The number of ether oxygens (including phenoxy) is 1. The van der Waals surface area contributed by atoms with Gasteiger partial charge in [-0.2, -0.15) is 8.78 Å². The molecule has 5 nitrogen and oxygen atoms in total. The molecule has 2 heterocycles. The van der Waals surface area contributed by atoms with Crippen LogP contribution in [0.2, 0.25) is 5.02 Å². The van der Waals surface area contributed by atoms with Gasteiger partial charge in [0, 0.05) is 18.0 Å². The van der Waals surface area contributed by atoms with Crippen molar-refractivity contribution in [3.05, 3.63) is 58.9 Å². The first-order valence-electron chi connectivity index (χ1n) is 7.87. The van der Waals surface area contributed by atoms with Gasteiger partial charge in [-0.15, -0.1) is 0 Å². The van der Waals surface area contributed by atoms with Crippen molar-refractivity contribution in [2.24, 2.45) is 0 Å². The van der Waals surface area contributed by atoms with Crippen molar-refractivity contribution in [1.82, 2.24) is 9.55 Å². The van der Waals surface area contributed by atoms with Crippen molar-refractivity contribution in [3.63, 3.8) is 0 Å². The summed E-state index contributed by atoms with van der Waals surface area (Å²) in [4.78, 5) is 14.9. The summed E-state index contributed by atoms with van der Waals surface area (Å²) in [6.45, 7) is -1.85. The van der Waals surface area contributed by atoms with Gasteiger partial charge in [-0.25, -0.2) is 9.78 Å². The second-order valence-electron chi connectivity index (χ2n) is 5.63. The van der Waals surface area contributed by atoms with Crippen molar-refractivity contribution < 1.29 is 23.4 Å². The summed E-state index contributed by atoms with van der Waals surface area (Å²) in [6.07, 6.45) is 2.32. The van der Waals surface area contributed by atoms with Crippen LogP contribution in [0.5, 0.6) is 5.75 Å². The number of hydrogen-bond donors (Lipinski definition) is 1. The molecule has 0 unspecified atom stereocenters. The Morgan fingerprint density at radius 1 is 1.27 bits per heavy atom. The molecule has 2 aromatic carbocycles. The van der Waals surface area contributed by atoms with E-state index < -0.39 is 12.6 Å². The highest BCUT2D eigenvalue weighted by Crippen LogP contribution is 2.25. The third-order valence-corrected chi connectivity index (χ3v) is 4.11. The molecular weight excluding hydrogens is 366 g/mol. The van der Waals surface area contributed by atoms with Crippen molar-refractivity contribution in [3.8, 4) is 5.75 Å². The highest BCUT2D eigenvalue weighted by Gasteiger charge is 2.15. The number of aromatic carboxylic acids is 1. The number of carboxylic acids is 1. The molecule has 0 saturated heterocycles. The number of benzene rings is 2. The second-order valence-corrected chi connectivity index (χ2v) is 6.06. The smallest absolute Gasteiger partial charge is 0.387 e. The van der Waals surface area contributed by atoms with E-state index in [1.807, 2.05) is 18.2 Å². The fraction of sp³-hybridized carbons (Fsp3) is 0.222. The molecule has 0 fully saturated rings. The summed E-state index contributed by atoms with van der Waals surface area (Å²) in [6, 6.07) is 10.8. The molecule has 3 aromatic rings. The number of hydrogen-bond acceptors (Lipinski definition) is 3. The number of halogens is 3. The van der Waals surface area contributed by atoms with Crippen LogP contribution in [0.1, 0.15) is 22.6 Å². The van der Waals surface area contributed by atoms with Crippen LogP contribution in [-0.4, -0.2) is 27.2 Å². The van der Waals surface area contributed by atoms with E-state index >= 15 is 0 Å². The van der Waals surface area contributed by atoms with Crippen LogP contribution in [0, 0.1) is 0 Å². The van der Waals surface area contributed by atoms with E-state index in [4.69, 9.17) is 16.7 Å². The van der Waals surface area contributed by atoms with Crippen LogP contribution in [0.15, 0.2) is 42.5 Å². The maximum Gasteiger partial charge on any atom is 0.387 e. The zero-order valence-corrected chi connectivity index (χ0v) is 14.3. The summed E-state index contributed by atoms with van der Waals surface area (Å²) >= 11 is 5.94. The monoisotopic (exact) mass is 380 g/mol. The molecule has 1 aliphatic heterocycles. The number of carbonyl (C=O) groups is 1. The van der Waals surface area contributed by atoms with Gasteiger partial charge in [0.25, 0.3) is 0 Å². The van der Waals surface area contributed by atoms with Gasteiger partial charge in [0.05, 0.1) is 16.6 Å². The van der Waals surface area contributed by atoms with Crippen LogP contribution >= 0.6 is 11.6 Å². The van der Waals surface area contributed by atoms with Crippen LogP contribution in [-0.2, 0) is 13.0 Å². The Morgan fingerprint density at radius 3 is 2.81 bits per heavy atom. The minimum Gasteiger partial charge on any atom is -0.478 e. The van der Waals surface area contributed by atoms with Crippen LogP contribution < -0.4 is 4.74 Å². The Labute approximate surface area is 152 Å². The predicted octanol–water partition coefficient (Wildman–Crippen LogP) is 4.62. The fourth-order valence-electron chi connectivity index (χ4n) is 2.79. The van der Waals surface area contributed by atoms with Crippen molar-refractivity contribution in [2.45, 2.75) is 26.0 Å². The molecule has 0 bridgehead atoms. The lowest BCUT2D eigenvalue weighted by Crippen LogP contribution is -2.03. The number of nitrogens with zero attached hydrogens (tertiary/aromatic N) is 2. The van der Waals surface area contributed by atoms with E-state index in [-0.39, 0.29) is 11.3 Å². The first-order valence-corrected chi connectivity index (χ1v) is 8.24. The quantitative estimate of drug-likeness (QED) is 0.720. The predicted molar refractivity (Wildman–Crippen MR) is 93.1 cm³/mol. The Morgan fingerprint density at radius 2 is 2.08 bits per heavy atom. The lowest BCUT2D eigenvalue weighted by molar-refractivity contribution is -0.0499. The maximum atomic E-state index is 11.7. The largest absolute Gasteiger partial charge is 0.478 e. The molecule has 1 N–H and O–H groups in total. The minimum absolute atomic E-state index is 0.0850. The number of carboxylic acid groups (broad SMARTS) is 1. The van der Waals surface area contributed by atoms with E-state index in [0.717, 1.165) is 29.6 Å². The summed E-state index contributed by atoms with van der Waals surface area (Å²) in [5.41, 5.74) is 2.16. The maximum absolute atomic E-state index is 11.7. The van der Waals surface area contributed by atoms with Crippen LogP contribution in [0.25, 0.3) is 11.0 Å². The molecule has 1 aromatic heterocycles. The van der Waals surface area contributed by atoms with Crippen LogP contribution in [0.3, 0.4) is 0 Å². The molecule has 0 saturated carbocycles. The van der Waals surface area contributed by atoms with E-state index in [0.29, 0.717) is 0 Å². The Hall–Kier alpha value is -2.67. The number of fused-ring (bicyclic) bond motifs is 3. The highest BCUT2D eigenvalue weighted by atomic mass is 35.5. The summed E-state index contributed by atoms with van der Waals surface area (Å²) in [7, 11) is 0. The summed E-state index contributed by atoms with van der Waals surface area (Å²) in [5.74, 6) is -0.133. The highest BCUT2D eigenvalue weighted by molar-refractivity contribution is 6.31. The molecule has 0 spiro atoms. The SMILES string of the molecule is Clc1ccc2nc3n(c2c1)CCC3.O=C(O)c1cccc(OC(F)F)c1. The average molecular weight is 381 g/mol. The topological polar surface area (TPSA) is 64.4 Å². The normalized spacial score (nSPS) is 12.6. The first-order chi connectivity index (χ1) is 12.4. The lowest BCUT2D eigenvalue weighted by Gasteiger charge is -2.03. The standard InChI is InChI=1S/C10H9ClN2.C8H6F2O3/c11-7-3-4-8-9(6-7)13-5-1-2-10(13)12-8;9-8(10)13-6-3-1-2-5(4-6)7(11)12/h3-4,6H,1-2,5H2;1-4,8H,(H,11,12). The second kappa shape index (κ2) is 7.70. The van der Waals surface area contributed by atoms with E-state index in [1.165, 1.54) is 36.0 Å². The number of rotatable bonds is 3. The Balaban J connectivity index is 0.000000151. The molecule has 8 heteroatoms. The molecule has 26 heavy (non-hydrogen) atoms. The van der Waals surface area contributed by atoms with Gasteiger partial charge in [-0.05, 0) is 42.8 Å². The number of aryl methyl sites for hydroxylation is 2. The lowest BCUT2D eigenvalue weighted by atomic mass is 10.2. The van der Waals surface area contributed by atoms with Gasteiger partial charge >= 0.3 is 12.6 Å². The average Bonchev–Trinajstić information content (AvgIpc) is 3.16. The molecule has 1 aliphatic rings. The molecule has 0 amide bonds. The zero-order chi connectivity index (χ0) is 18.7. The van der Waals surface area contributed by atoms with E-state index in [1.54, 1.807) is 0 Å². The first kappa shape index (κ1) is 18.1. The van der Waals surface area contributed by atoms with Gasteiger partial charge < -0.3 is 14.4 Å². The third kappa shape index (κ3) is 4.11. The van der Waals surface area contributed by atoms with E-state index in [9.17, 15) is 13.6 Å². The van der Waals surface area contributed by atoms with Gasteiger partial charge in [-0.1, -0.05) is 17.7 Å². The summed E-state index contributed by atoms with van der Waals surface area (Å²) < 4.78 is 29.6. The number of aromatic nitrogens is 2. The summed E-state index contributed by atoms with van der Waals surface area (Å²) in [5, 5.41) is 9.29. The third-order valence-electron chi connectivity index (χ3n) is 3.88. The molecule has 0 aliphatic carbocycles. The fourth-order valence-corrected chi connectivity index (χ4v) is 2.95. The zero-order valence-electron chi connectivity index (χ0n) is 13.5. The van der Waals surface area contributed by atoms with Crippen molar-refractivity contribution >= 4 is 28.6 Å².